The van der Waals surface area contributed by atoms with Crippen LogP contribution < -0.4 is 5.48 Å². The molecule has 0 saturated heterocycles. The molecule has 0 bridgehead atoms. The Hall–Kier alpha value is -0.810. The number of carbonyl (C=O) groups excluding carboxylic acids is 2. The highest BCUT2D eigenvalue weighted by Gasteiger charge is 2.34. The molecule has 0 aliphatic heterocycles. The lowest BCUT2D eigenvalue weighted by molar-refractivity contribution is -0.135. The van der Waals surface area contributed by atoms with Crippen LogP contribution in [0.25, 0.3) is 0 Å². The topological polar surface area (TPSA) is 55.4 Å². The molecule has 0 radical (unpaired) electrons. The molecule has 1 atom stereocenters. The van der Waals surface area contributed by atoms with Gasteiger partial charge >= 0.3 is 0 Å². The minimum Gasteiger partial charge on any atom is -0.299 e. The van der Waals surface area contributed by atoms with Gasteiger partial charge in [-0.25, -0.2) is 0 Å². The Labute approximate surface area is 132 Å². The summed E-state index contributed by atoms with van der Waals surface area (Å²) >= 11 is 1.89. The summed E-state index contributed by atoms with van der Waals surface area (Å²) in [6.07, 6.45) is 3.68. The second kappa shape index (κ2) is 9.26. The van der Waals surface area contributed by atoms with Gasteiger partial charge in [-0.05, 0) is 38.0 Å². The Kier molecular flexibility index (Phi) is 8.04. The highest BCUT2D eigenvalue weighted by atomic mass is 32.2. The average Bonchev–Trinajstić information content (AvgIpc) is 2.40. The standard InChI is InChI=1S/C16H27NO3S/c1-5-20-17-11(3)7-14-15(18)9-13(10-16(14)19)8-12(4)21-6-2/h7,12-14,17H,5-6,8-10H2,1-4H3. The molecule has 0 aromatic carbocycles. The van der Waals surface area contributed by atoms with Crippen LogP contribution in [0.2, 0.25) is 0 Å². The van der Waals surface area contributed by atoms with Gasteiger partial charge in [-0.2, -0.15) is 11.8 Å². The molecule has 1 saturated carbocycles. The van der Waals surface area contributed by atoms with Crippen LogP contribution in [-0.4, -0.2) is 29.2 Å². The van der Waals surface area contributed by atoms with Crippen LogP contribution in [-0.2, 0) is 14.4 Å². The Morgan fingerprint density at radius 1 is 1.38 bits per heavy atom. The van der Waals surface area contributed by atoms with Crippen molar-refractivity contribution < 1.29 is 14.4 Å². The van der Waals surface area contributed by atoms with E-state index in [9.17, 15) is 9.59 Å². The lowest BCUT2D eigenvalue weighted by Crippen LogP contribution is -2.33. The number of Topliss-reactive ketones (excluding diaryl/α,β-unsaturated/α-hetero) is 2. The molecule has 1 aliphatic rings. The minimum atomic E-state index is -0.594. The number of hydrogen-bond acceptors (Lipinski definition) is 5. The second-order valence-electron chi connectivity index (χ2n) is 5.57. The van der Waals surface area contributed by atoms with E-state index < -0.39 is 5.92 Å². The first kappa shape index (κ1) is 18.2. The normalized spacial score (nSPS) is 25.0. The van der Waals surface area contributed by atoms with E-state index in [4.69, 9.17) is 4.84 Å². The SMILES string of the molecule is CCONC(C)=CC1C(=O)CC(CC(C)SCC)CC1=O. The van der Waals surface area contributed by atoms with Crippen LogP contribution in [0.3, 0.4) is 0 Å². The molecule has 5 heteroatoms. The van der Waals surface area contributed by atoms with Gasteiger partial charge in [0, 0.05) is 23.8 Å². The summed E-state index contributed by atoms with van der Waals surface area (Å²) in [4.78, 5) is 29.5. The van der Waals surface area contributed by atoms with E-state index in [0.29, 0.717) is 24.7 Å². The van der Waals surface area contributed by atoms with Crippen molar-refractivity contribution in [2.75, 3.05) is 12.4 Å². The molecule has 4 nitrogen and oxygen atoms in total. The van der Waals surface area contributed by atoms with Crippen molar-refractivity contribution in [1.82, 2.24) is 5.48 Å². The fraction of sp³-hybridized carbons (Fsp3) is 0.750. The van der Waals surface area contributed by atoms with E-state index in [1.165, 1.54) is 0 Å². The molecule has 1 N–H and O–H groups in total. The van der Waals surface area contributed by atoms with Crippen LogP contribution in [0.1, 0.15) is 47.0 Å². The molecule has 0 amide bonds. The predicted molar refractivity (Wildman–Crippen MR) is 87.0 cm³/mol. The predicted octanol–water partition coefficient (Wildman–Crippen LogP) is 3.13. The smallest absolute Gasteiger partial charge is 0.147 e. The Morgan fingerprint density at radius 2 is 2.00 bits per heavy atom. The first-order chi connectivity index (χ1) is 9.97. The van der Waals surface area contributed by atoms with Gasteiger partial charge in [0.05, 0.1) is 12.5 Å². The first-order valence-corrected chi connectivity index (χ1v) is 8.76. The molecule has 0 spiro atoms. The lowest BCUT2D eigenvalue weighted by atomic mass is 9.78. The zero-order valence-electron chi connectivity index (χ0n) is 13.5. The fourth-order valence-corrected chi connectivity index (χ4v) is 3.70. The largest absolute Gasteiger partial charge is 0.299 e. The van der Waals surface area contributed by atoms with Gasteiger partial charge in [0.25, 0.3) is 0 Å². The van der Waals surface area contributed by atoms with Crippen LogP contribution in [0, 0.1) is 11.8 Å². The minimum absolute atomic E-state index is 0.0441. The number of carbonyl (C=O) groups is 2. The molecule has 21 heavy (non-hydrogen) atoms. The van der Waals surface area contributed by atoms with E-state index in [0.717, 1.165) is 17.9 Å². The van der Waals surface area contributed by atoms with Crippen molar-refractivity contribution in [3.8, 4) is 0 Å². The Morgan fingerprint density at radius 3 is 2.52 bits per heavy atom. The van der Waals surface area contributed by atoms with Crippen molar-refractivity contribution in [3.05, 3.63) is 11.8 Å². The molecular formula is C16H27NO3S. The lowest BCUT2D eigenvalue weighted by Gasteiger charge is -2.27. The Balaban J connectivity index is 2.58. The summed E-state index contributed by atoms with van der Waals surface area (Å²) in [6, 6.07) is 0. The third kappa shape index (κ3) is 6.22. The molecule has 1 aliphatic carbocycles. The maximum atomic E-state index is 12.2. The quantitative estimate of drug-likeness (QED) is 0.551. The van der Waals surface area contributed by atoms with E-state index in [1.54, 1.807) is 6.08 Å². The van der Waals surface area contributed by atoms with E-state index in [2.05, 4.69) is 19.3 Å². The Bertz CT molecular complexity index is 377. The second-order valence-corrected chi connectivity index (χ2v) is 7.29. The van der Waals surface area contributed by atoms with Crippen LogP contribution in [0.15, 0.2) is 11.8 Å². The number of thioether (sulfide) groups is 1. The highest BCUT2D eigenvalue weighted by molar-refractivity contribution is 7.99. The molecule has 1 fully saturated rings. The number of ketones is 2. The van der Waals surface area contributed by atoms with Gasteiger partial charge in [-0.15, -0.1) is 0 Å². The average molecular weight is 313 g/mol. The third-order valence-electron chi connectivity index (χ3n) is 3.58. The molecule has 120 valence electrons. The van der Waals surface area contributed by atoms with Gasteiger partial charge in [0.2, 0.25) is 0 Å². The summed E-state index contributed by atoms with van der Waals surface area (Å²) in [5.41, 5.74) is 3.45. The van der Waals surface area contributed by atoms with Gasteiger partial charge < -0.3 is 0 Å². The van der Waals surface area contributed by atoms with Crippen molar-refractivity contribution in [2.45, 2.75) is 52.2 Å². The summed E-state index contributed by atoms with van der Waals surface area (Å²) < 4.78 is 0. The van der Waals surface area contributed by atoms with E-state index in [1.807, 2.05) is 25.6 Å². The number of hydrogen-bond donors (Lipinski definition) is 1. The van der Waals surface area contributed by atoms with Crippen LogP contribution in [0.5, 0.6) is 0 Å². The summed E-state index contributed by atoms with van der Waals surface area (Å²) in [6.45, 7) is 8.52. The molecule has 0 aromatic rings. The molecule has 1 unspecified atom stereocenters. The van der Waals surface area contributed by atoms with Gasteiger partial charge in [0.1, 0.15) is 11.6 Å². The van der Waals surface area contributed by atoms with Crippen LogP contribution in [0.4, 0.5) is 0 Å². The highest BCUT2D eigenvalue weighted by Crippen LogP contribution is 2.30. The summed E-state index contributed by atoms with van der Waals surface area (Å²) in [5, 5.41) is 0.508. The van der Waals surface area contributed by atoms with Crippen molar-refractivity contribution in [2.24, 2.45) is 11.8 Å². The van der Waals surface area contributed by atoms with E-state index >= 15 is 0 Å². The maximum Gasteiger partial charge on any atom is 0.147 e. The molecule has 0 aromatic heterocycles. The maximum absolute atomic E-state index is 12.2. The summed E-state index contributed by atoms with van der Waals surface area (Å²) in [7, 11) is 0. The monoisotopic (exact) mass is 313 g/mol. The zero-order chi connectivity index (χ0) is 15.8. The number of nitrogens with one attached hydrogen (secondary N) is 1. The van der Waals surface area contributed by atoms with Gasteiger partial charge in [-0.3, -0.25) is 19.9 Å². The van der Waals surface area contributed by atoms with Crippen molar-refractivity contribution in [1.29, 1.82) is 0 Å². The fourth-order valence-electron chi connectivity index (χ4n) is 2.72. The van der Waals surface area contributed by atoms with Crippen LogP contribution >= 0.6 is 11.8 Å². The van der Waals surface area contributed by atoms with Crippen molar-refractivity contribution >= 4 is 23.3 Å². The molecular weight excluding hydrogens is 286 g/mol. The molecule has 1 rings (SSSR count). The number of allylic oxidation sites excluding steroid dienone is 2. The molecule has 0 heterocycles. The third-order valence-corrected chi connectivity index (χ3v) is 4.68. The zero-order valence-corrected chi connectivity index (χ0v) is 14.3. The van der Waals surface area contributed by atoms with E-state index in [-0.39, 0.29) is 17.5 Å². The first-order valence-electron chi connectivity index (χ1n) is 7.71. The number of rotatable bonds is 8. The number of hydroxylamine groups is 1. The van der Waals surface area contributed by atoms with Gasteiger partial charge in [-0.1, -0.05) is 13.8 Å². The van der Waals surface area contributed by atoms with Gasteiger partial charge in [0.15, 0.2) is 0 Å². The van der Waals surface area contributed by atoms with Crippen molar-refractivity contribution in [3.63, 3.8) is 0 Å². The summed E-state index contributed by atoms with van der Waals surface area (Å²) in [5.74, 6) is 0.779.